The topological polar surface area (TPSA) is 66.0 Å². The average Bonchev–Trinajstić information content (AvgIpc) is 3.21. The maximum absolute atomic E-state index is 12.7. The van der Waals surface area contributed by atoms with Gasteiger partial charge in [-0.15, -0.1) is 0 Å². The van der Waals surface area contributed by atoms with Crippen LogP contribution < -0.4 is 19.5 Å². The molecule has 1 saturated heterocycles. The largest absolute Gasteiger partial charge is 0.489 e. The smallest absolute Gasteiger partial charge is 0.269 e. The molecule has 0 aliphatic carbocycles. The minimum Gasteiger partial charge on any atom is -0.489 e. The van der Waals surface area contributed by atoms with Gasteiger partial charge in [0.2, 0.25) is 6.10 Å². The van der Waals surface area contributed by atoms with Crippen molar-refractivity contribution in [3.05, 3.63) is 48.0 Å². The molecule has 2 aromatic carbocycles. The summed E-state index contributed by atoms with van der Waals surface area (Å²) in [5, 5.41) is 2.90. The average molecular weight is 369 g/mol. The summed E-state index contributed by atoms with van der Waals surface area (Å²) in [5.41, 5.74) is 1.67. The molecule has 2 aliphatic heterocycles. The van der Waals surface area contributed by atoms with E-state index in [2.05, 4.69) is 5.32 Å². The Balaban J connectivity index is 1.43. The van der Waals surface area contributed by atoms with Gasteiger partial charge in [0, 0.05) is 6.61 Å². The van der Waals surface area contributed by atoms with Crippen LogP contribution in [0.3, 0.4) is 0 Å². The van der Waals surface area contributed by atoms with Crippen molar-refractivity contribution in [3.8, 4) is 17.2 Å². The number of hydrogen-bond donors (Lipinski definition) is 1. The second kappa shape index (κ2) is 7.88. The quantitative estimate of drug-likeness (QED) is 0.876. The zero-order valence-corrected chi connectivity index (χ0v) is 15.3. The Bertz CT molecular complexity index is 816. The second-order valence-electron chi connectivity index (χ2n) is 6.80. The van der Waals surface area contributed by atoms with E-state index in [4.69, 9.17) is 18.9 Å². The Labute approximate surface area is 158 Å². The Morgan fingerprint density at radius 1 is 1.22 bits per heavy atom. The first-order valence-electron chi connectivity index (χ1n) is 9.23. The van der Waals surface area contributed by atoms with Crippen molar-refractivity contribution < 1.29 is 23.7 Å². The zero-order valence-electron chi connectivity index (χ0n) is 15.3. The molecule has 2 aliphatic rings. The number of rotatable bonds is 5. The second-order valence-corrected chi connectivity index (χ2v) is 6.80. The molecule has 0 unspecified atom stereocenters. The van der Waals surface area contributed by atoms with Crippen molar-refractivity contribution in [1.29, 1.82) is 0 Å². The minimum absolute atomic E-state index is 0.112. The predicted octanol–water partition coefficient (Wildman–Crippen LogP) is 3.33. The molecule has 0 radical (unpaired) electrons. The number of carbonyl (C=O) groups is 1. The van der Waals surface area contributed by atoms with Crippen molar-refractivity contribution in [2.75, 3.05) is 25.1 Å². The fourth-order valence-corrected chi connectivity index (χ4v) is 3.17. The highest BCUT2D eigenvalue weighted by Crippen LogP contribution is 2.32. The van der Waals surface area contributed by atoms with E-state index in [-0.39, 0.29) is 18.6 Å². The molecule has 0 spiro atoms. The summed E-state index contributed by atoms with van der Waals surface area (Å²) in [7, 11) is 0. The molecule has 27 heavy (non-hydrogen) atoms. The standard InChI is InChI=1S/C21H23NO5/c1-14-8-9-16(19(11-14)25-12-15-5-4-10-24-15)22-21(23)20-13-26-17-6-2-3-7-18(17)27-20/h2-3,6-9,11,15,20H,4-5,10,12-13H2,1H3,(H,22,23)/t15-,20-/m1/s1. The van der Waals surface area contributed by atoms with Gasteiger partial charge in [-0.3, -0.25) is 4.79 Å². The summed E-state index contributed by atoms with van der Waals surface area (Å²) >= 11 is 0. The van der Waals surface area contributed by atoms with Crippen molar-refractivity contribution in [2.45, 2.75) is 32.0 Å². The maximum Gasteiger partial charge on any atom is 0.269 e. The summed E-state index contributed by atoms with van der Waals surface area (Å²) in [4.78, 5) is 12.7. The Morgan fingerprint density at radius 3 is 2.89 bits per heavy atom. The van der Waals surface area contributed by atoms with Gasteiger partial charge < -0.3 is 24.3 Å². The monoisotopic (exact) mass is 369 g/mol. The Hall–Kier alpha value is -2.73. The number of hydrogen-bond acceptors (Lipinski definition) is 5. The highest BCUT2D eigenvalue weighted by molar-refractivity contribution is 5.96. The maximum atomic E-state index is 12.7. The molecule has 1 N–H and O–H groups in total. The van der Waals surface area contributed by atoms with E-state index in [0.717, 1.165) is 25.0 Å². The Morgan fingerprint density at radius 2 is 2.07 bits per heavy atom. The van der Waals surface area contributed by atoms with Crippen LogP contribution in [0.2, 0.25) is 0 Å². The molecule has 142 valence electrons. The summed E-state index contributed by atoms with van der Waals surface area (Å²) in [5.74, 6) is 1.59. The molecule has 0 bridgehead atoms. The summed E-state index contributed by atoms with van der Waals surface area (Å²) in [6.07, 6.45) is 1.46. The molecule has 2 aromatic rings. The van der Waals surface area contributed by atoms with Crippen molar-refractivity contribution in [3.63, 3.8) is 0 Å². The molecule has 0 aromatic heterocycles. The van der Waals surface area contributed by atoms with E-state index in [1.54, 1.807) is 6.07 Å². The third kappa shape index (κ3) is 4.17. The molecule has 4 rings (SSSR count). The van der Waals surface area contributed by atoms with Gasteiger partial charge in [-0.25, -0.2) is 0 Å². The van der Waals surface area contributed by atoms with Crippen LogP contribution in [0.15, 0.2) is 42.5 Å². The predicted molar refractivity (Wildman–Crippen MR) is 101 cm³/mol. The van der Waals surface area contributed by atoms with Crippen LogP contribution in [0.25, 0.3) is 0 Å². The van der Waals surface area contributed by atoms with Gasteiger partial charge in [0.25, 0.3) is 5.91 Å². The van der Waals surface area contributed by atoms with E-state index in [1.165, 1.54) is 0 Å². The van der Waals surface area contributed by atoms with Gasteiger partial charge in [0.1, 0.15) is 19.0 Å². The van der Waals surface area contributed by atoms with Crippen LogP contribution >= 0.6 is 0 Å². The first-order chi connectivity index (χ1) is 13.2. The molecule has 2 atom stereocenters. The van der Waals surface area contributed by atoms with Crippen LogP contribution in [0.5, 0.6) is 17.2 Å². The SMILES string of the molecule is Cc1ccc(NC(=O)[C@H]2COc3ccccc3O2)c(OC[C@H]2CCCO2)c1. The first kappa shape index (κ1) is 17.7. The highest BCUT2D eigenvalue weighted by Gasteiger charge is 2.28. The van der Waals surface area contributed by atoms with Crippen LogP contribution in [0, 0.1) is 6.92 Å². The van der Waals surface area contributed by atoms with E-state index in [1.807, 2.05) is 43.3 Å². The summed E-state index contributed by atoms with van der Waals surface area (Å²) < 4.78 is 22.9. The molecule has 1 fully saturated rings. The first-order valence-corrected chi connectivity index (χ1v) is 9.23. The van der Waals surface area contributed by atoms with Gasteiger partial charge in [0.15, 0.2) is 11.5 Å². The fraction of sp³-hybridized carbons (Fsp3) is 0.381. The van der Waals surface area contributed by atoms with E-state index in [9.17, 15) is 4.79 Å². The molecular formula is C21H23NO5. The van der Waals surface area contributed by atoms with Crippen molar-refractivity contribution >= 4 is 11.6 Å². The summed E-state index contributed by atoms with van der Waals surface area (Å²) in [6.45, 7) is 3.41. The van der Waals surface area contributed by atoms with Gasteiger partial charge in [-0.1, -0.05) is 18.2 Å². The van der Waals surface area contributed by atoms with Gasteiger partial charge in [0.05, 0.1) is 11.8 Å². The zero-order chi connectivity index (χ0) is 18.6. The van der Waals surface area contributed by atoms with Crippen LogP contribution in [-0.2, 0) is 9.53 Å². The molecule has 2 heterocycles. The number of ether oxygens (including phenoxy) is 4. The number of carbonyl (C=O) groups excluding carboxylic acids is 1. The molecule has 1 amide bonds. The number of fused-ring (bicyclic) bond motifs is 1. The Kier molecular flexibility index (Phi) is 5.16. The third-order valence-corrected chi connectivity index (χ3v) is 4.64. The van der Waals surface area contributed by atoms with E-state index < -0.39 is 6.10 Å². The van der Waals surface area contributed by atoms with Gasteiger partial charge in [-0.2, -0.15) is 0 Å². The van der Waals surface area contributed by atoms with Gasteiger partial charge >= 0.3 is 0 Å². The van der Waals surface area contributed by atoms with Crippen LogP contribution in [0.1, 0.15) is 18.4 Å². The number of benzene rings is 2. The van der Waals surface area contributed by atoms with Crippen LogP contribution in [-0.4, -0.2) is 37.9 Å². The highest BCUT2D eigenvalue weighted by atomic mass is 16.6. The lowest BCUT2D eigenvalue weighted by molar-refractivity contribution is -0.125. The lowest BCUT2D eigenvalue weighted by Crippen LogP contribution is -2.40. The number of para-hydroxylation sites is 2. The van der Waals surface area contributed by atoms with Crippen LogP contribution in [0.4, 0.5) is 5.69 Å². The normalized spacial score (nSPS) is 20.9. The lowest BCUT2D eigenvalue weighted by Gasteiger charge is -2.26. The molecule has 6 heteroatoms. The number of amides is 1. The molecule has 6 nitrogen and oxygen atoms in total. The number of nitrogens with one attached hydrogen (secondary N) is 1. The van der Waals surface area contributed by atoms with E-state index >= 15 is 0 Å². The molecular weight excluding hydrogens is 346 g/mol. The van der Waals surface area contributed by atoms with Crippen molar-refractivity contribution in [1.82, 2.24) is 0 Å². The number of aryl methyl sites for hydroxylation is 1. The third-order valence-electron chi connectivity index (χ3n) is 4.64. The van der Waals surface area contributed by atoms with E-state index in [0.29, 0.717) is 29.5 Å². The summed E-state index contributed by atoms with van der Waals surface area (Å²) in [6, 6.07) is 13.0. The minimum atomic E-state index is -0.716. The van der Waals surface area contributed by atoms with Gasteiger partial charge in [-0.05, 0) is 49.6 Å². The van der Waals surface area contributed by atoms with Crippen molar-refractivity contribution in [2.24, 2.45) is 0 Å². The number of anilines is 1. The lowest BCUT2D eigenvalue weighted by atomic mass is 10.2. The fourth-order valence-electron chi connectivity index (χ4n) is 3.17. The molecule has 0 saturated carbocycles.